The molecule has 0 aliphatic heterocycles. The van der Waals surface area contributed by atoms with Crippen LogP contribution in [-0.4, -0.2) is 26.7 Å². The minimum Gasteiger partial charge on any atom is -0.493 e. The molecule has 2 N–H and O–H groups in total. The fraction of sp³-hybridized carbons (Fsp3) is 0.350. The summed E-state index contributed by atoms with van der Waals surface area (Å²) in [5, 5.41) is 5.82. The first-order valence-electron chi connectivity index (χ1n) is 8.87. The van der Waals surface area contributed by atoms with Gasteiger partial charge in [-0.3, -0.25) is 0 Å². The number of aliphatic imine (C=N–C) groups is 1. The average Bonchev–Trinajstić information content (AvgIpc) is 2.69. The van der Waals surface area contributed by atoms with Crippen LogP contribution in [0.25, 0.3) is 0 Å². The van der Waals surface area contributed by atoms with Crippen molar-refractivity contribution in [1.82, 2.24) is 10.6 Å². The van der Waals surface area contributed by atoms with Gasteiger partial charge in [-0.2, -0.15) is 13.2 Å². The number of methoxy groups -OCH3 is 2. The van der Waals surface area contributed by atoms with Crippen LogP contribution in [0.15, 0.2) is 41.4 Å². The van der Waals surface area contributed by atoms with E-state index in [-0.39, 0.29) is 18.7 Å². The van der Waals surface area contributed by atoms with Crippen LogP contribution < -0.4 is 20.1 Å². The fourth-order valence-corrected chi connectivity index (χ4v) is 2.73. The first-order chi connectivity index (χ1) is 13.8. The number of hydrogen-bond acceptors (Lipinski definition) is 3. The highest BCUT2D eigenvalue weighted by molar-refractivity contribution is 5.79. The van der Waals surface area contributed by atoms with E-state index in [1.807, 2.05) is 13.0 Å². The van der Waals surface area contributed by atoms with E-state index in [1.165, 1.54) is 14.2 Å². The number of benzene rings is 2. The summed E-state index contributed by atoms with van der Waals surface area (Å²) in [4.78, 5) is 4.40. The van der Waals surface area contributed by atoms with Gasteiger partial charge in [-0.25, -0.2) is 9.38 Å². The van der Waals surface area contributed by atoms with E-state index >= 15 is 0 Å². The predicted octanol–water partition coefficient (Wildman–Crippen LogP) is 4.12. The van der Waals surface area contributed by atoms with E-state index in [9.17, 15) is 17.6 Å². The molecule has 0 saturated carbocycles. The summed E-state index contributed by atoms with van der Waals surface area (Å²) < 4.78 is 63.3. The lowest BCUT2D eigenvalue weighted by atomic mass is 10.1. The third kappa shape index (κ3) is 6.00. The molecule has 2 aromatic rings. The monoisotopic (exact) mass is 413 g/mol. The summed E-state index contributed by atoms with van der Waals surface area (Å²) in [6, 6.07) is 7.96. The van der Waals surface area contributed by atoms with Crippen molar-refractivity contribution < 1.29 is 27.0 Å². The van der Waals surface area contributed by atoms with E-state index in [2.05, 4.69) is 15.6 Å². The summed E-state index contributed by atoms with van der Waals surface area (Å²) in [5.74, 6) is 0.466. The number of hydrogen-bond donors (Lipinski definition) is 2. The predicted molar refractivity (Wildman–Crippen MR) is 103 cm³/mol. The summed E-state index contributed by atoms with van der Waals surface area (Å²) in [6.45, 7) is 2.39. The van der Waals surface area contributed by atoms with Gasteiger partial charge in [-0.05, 0) is 30.7 Å². The van der Waals surface area contributed by atoms with Crippen LogP contribution in [0.1, 0.15) is 23.6 Å². The lowest BCUT2D eigenvalue weighted by Gasteiger charge is -2.16. The molecule has 2 rings (SSSR count). The largest absolute Gasteiger partial charge is 0.493 e. The Kier molecular flexibility index (Phi) is 7.69. The Balaban J connectivity index is 2.20. The molecule has 0 amide bonds. The maximum atomic E-state index is 13.3. The number of nitrogens with one attached hydrogen (secondary N) is 2. The fourth-order valence-electron chi connectivity index (χ4n) is 2.73. The first-order valence-corrected chi connectivity index (χ1v) is 8.87. The second-order valence-electron chi connectivity index (χ2n) is 6.00. The van der Waals surface area contributed by atoms with E-state index < -0.39 is 17.6 Å². The molecule has 2 aromatic carbocycles. The average molecular weight is 413 g/mol. The number of nitrogens with zero attached hydrogens (tertiary/aromatic N) is 1. The second-order valence-corrected chi connectivity index (χ2v) is 6.00. The Morgan fingerprint density at radius 1 is 1.03 bits per heavy atom. The molecule has 0 spiro atoms. The molecule has 5 nitrogen and oxygen atoms in total. The Hall–Kier alpha value is -2.97. The molecule has 29 heavy (non-hydrogen) atoms. The molecule has 0 radical (unpaired) electrons. The summed E-state index contributed by atoms with van der Waals surface area (Å²) in [5.41, 5.74) is -0.347. The topological polar surface area (TPSA) is 54.9 Å². The van der Waals surface area contributed by atoms with Crippen LogP contribution >= 0.6 is 0 Å². The van der Waals surface area contributed by atoms with Crippen molar-refractivity contribution in [3.63, 3.8) is 0 Å². The molecular weight excluding hydrogens is 390 g/mol. The van der Waals surface area contributed by atoms with Crippen LogP contribution in [-0.2, 0) is 19.3 Å². The minimum absolute atomic E-state index is 0.0801. The van der Waals surface area contributed by atoms with Crippen molar-refractivity contribution >= 4 is 5.96 Å². The number of halogens is 4. The van der Waals surface area contributed by atoms with Crippen molar-refractivity contribution in [2.75, 3.05) is 20.8 Å². The quantitative estimate of drug-likeness (QED) is 0.407. The standard InChI is InChI=1S/C20H23F4N3O2/c1-4-25-19(27-12-14-6-5-7-17(28-2)18(14)29-3)26-11-13-8-9-15(21)10-16(13)20(22,23)24/h5-10H,4,11-12H2,1-3H3,(H2,25,26,27). The van der Waals surface area contributed by atoms with Crippen molar-refractivity contribution in [2.45, 2.75) is 26.2 Å². The summed E-state index contributed by atoms with van der Waals surface area (Å²) in [7, 11) is 3.04. The number of ether oxygens (including phenoxy) is 2. The highest BCUT2D eigenvalue weighted by Gasteiger charge is 2.33. The lowest BCUT2D eigenvalue weighted by molar-refractivity contribution is -0.138. The molecular formula is C20H23F4N3O2. The molecule has 9 heteroatoms. The second kappa shape index (κ2) is 9.99. The molecule has 0 atom stereocenters. The zero-order chi connectivity index (χ0) is 21.4. The van der Waals surface area contributed by atoms with E-state index in [1.54, 1.807) is 12.1 Å². The molecule has 0 heterocycles. The smallest absolute Gasteiger partial charge is 0.416 e. The highest BCUT2D eigenvalue weighted by atomic mass is 19.4. The minimum atomic E-state index is -4.65. The van der Waals surface area contributed by atoms with Crippen molar-refractivity contribution in [3.8, 4) is 11.5 Å². The maximum Gasteiger partial charge on any atom is 0.416 e. The van der Waals surface area contributed by atoms with Crippen LogP contribution in [0.4, 0.5) is 17.6 Å². The number of rotatable bonds is 7. The first kappa shape index (κ1) is 22.3. The van der Waals surface area contributed by atoms with Gasteiger partial charge < -0.3 is 20.1 Å². The molecule has 0 fully saturated rings. The number of guanidine groups is 1. The van der Waals surface area contributed by atoms with Crippen LogP contribution in [0.2, 0.25) is 0 Å². The normalized spacial score (nSPS) is 11.9. The molecule has 0 unspecified atom stereocenters. The molecule has 0 aromatic heterocycles. The lowest BCUT2D eigenvalue weighted by Crippen LogP contribution is -2.37. The van der Waals surface area contributed by atoms with Gasteiger partial charge >= 0.3 is 6.18 Å². The molecule has 0 aliphatic rings. The van der Waals surface area contributed by atoms with Gasteiger partial charge in [0.1, 0.15) is 5.82 Å². The van der Waals surface area contributed by atoms with Crippen LogP contribution in [0.5, 0.6) is 11.5 Å². The van der Waals surface area contributed by atoms with E-state index in [0.29, 0.717) is 30.1 Å². The number of para-hydroxylation sites is 1. The SMILES string of the molecule is CCNC(=NCc1cccc(OC)c1OC)NCc1ccc(F)cc1C(F)(F)F. The third-order valence-corrected chi connectivity index (χ3v) is 4.06. The number of alkyl halides is 3. The zero-order valence-electron chi connectivity index (χ0n) is 16.4. The summed E-state index contributed by atoms with van der Waals surface area (Å²) in [6.07, 6.45) is -4.65. The van der Waals surface area contributed by atoms with Gasteiger partial charge in [-0.15, -0.1) is 0 Å². The van der Waals surface area contributed by atoms with Crippen LogP contribution in [0, 0.1) is 5.82 Å². The van der Waals surface area contributed by atoms with Gasteiger partial charge in [0, 0.05) is 18.7 Å². The van der Waals surface area contributed by atoms with Crippen molar-refractivity contribution in [1.29, 1.82) is 0 Å². The molecule has 0 bridgehead atoms. The maximum absolute atomic E-state index is 13.3. The summed E-state index contributed by atoms with van der Waals surface area (Å²) >= 11 is 0. The Morgan fingerprint density at radius 3 is 2.41 bits per heavy atom. The van der Waals surface area contributed by atoms with Gasteiger partial charge in [0.25, 0.3) is 0 Å². The van der Waals surface area contributed by atoms with Gasteiger partial charge in [-0.1, -0.05) is 18.2 Å². The Labute approximate surface area is 166 Å². The van der Waals surface area contributed by atoms with Gasteiger partial charge in [0.15, 0.2) is 17.5 Å². The van der Waals surface area contributed by atoms with E-state index in [0.717, 1.165) is 17.7 Å². The van der Waals surface area contributed by atoms with Crippen LogP contribution in [0.3, 0.4) is 0 Å². The molecule has 0 saturated heterocycles. The third-order valence-electron chi connectivity index (χ3n) is 4.06. The van der Waals surface area contributed by atoms with Crippen molar-refractivity contribution in [3.05, 3.63) is 58.9 Å². The highest BCUT2D eigenvalue weighted by Crippen LogP contribution is 2.33. The zero-order valence-corrected chi connectivity index (χ0v) is 16.4. The molecule has 0 aliphatic carbocycles. The van der Waals surface area contributed by atoms with E-state index in [4.69, 9.17) is 9.47 Å². The van der Waals surface area contributed by atoms with Crippen molar-refractivity contribution in [2.24, 2.45) is 4.99 Å². The Morgan fingerprint density at radius 2 is 1.79 bits per heavy atom. The van der Waals surface area contributed by atoms with Gasteiger partial charge in [0.05, 0.1) is 26.3 Å². The Bertz CT molecular complexity index is 854. The van der Waals surface area contributed by atoms with Gasteiger partial charge in [0.2, 0.25) is 0 Å². The molecule has 158 valence electrons.